The molecule has 136 valence electrons. The highest BCUT2D eigenvalue weighted by Gasteiger charge is 2.24. The van der Waals surface area contributed by atoms with Crippen molar-refractivity contribution in [3.63, 3.8) is 0 Å². The topological polar surface area (TPSA) is 78.5 Å². The van der Waals surface area contributed by atoms with Gasteiger partial charge in [0.05, 0.1) is 23.2 Å². The average Bonchev–Trinajstić information content (AvgIpc) is 3.29. The first-order valence-corrected chi connectivity index (χ1v) is 10.3. The van der Waals surface area contributed by atoms with Crippen molar-refractivity contribution >= 4 is 20.8 Å². The van der Waals surface area contributed by atoms with Gasteiger partial charge in [0.1, 0.15) is 11.3 Å². The molecule has 1 fully saturated rings. The van der Waals surface area contributed by atoms with E-state index < -0.39 is 9.84 Å². The van der Waals surface area contributed by atoms with Gasteiger partial charge in [0.15, 0.2) is 9.84 Å². The number of hydrogen-bond donors (Lipinski definition) is 0. The third-order valence-electron chi connectivity index (χ3n) is 4.62. The van der Waals surface area contributed by atoms with Crippen LogP contribution in [0.15, 0.2) is 50.8 Å². The van der Waals surface area contributed by atoms with Crippen molar-refractivity contribution in [3.05, 3.63) is 47.1 Å². The molecule has 4 rings (SSSR count). The van der Waals surface area contributed by atoms with Crippen LogP contribution in [0.4, 0.5) is 0 Å². The maximum absolute atomic E-state index is 12.3. The maximum atomic E-state index is 12.3. The van der Waals surface area contributed by atoms with Crippen molar-refractivity contribution in [2.45, 2.75) is 17.7 Å². The molecule has 0 aliphatic heterocycles. The zero-order valence-corrected chi connectivity index (χ0v) is 15.4. The summed E-state index contributed by atoms with van der Waals surface area (Å²) in [6, 6.07) is 6.42. The lowest BCUT2D eigenvalue weighted by molar-refractivity contribution is 0.301. The van der Waals surface area contributed by atoms with E-state index in [1.54, 1.807) is 37.5 Å². The van der Waals surface area contributed by atoms with E-state index in [-0.39, 0.29) is 10.5 Å². The summed E-state index contributed by atoms with van der Waals surface area (Å²) in [5.74, 6) is 1.14. The Kier molecular flexibility index (Phi) is 3.91. The van der Waals surface area contributed by atoms with Gasteiger partial charge >= 0.3 is 0 Å². The molecule has 0 N–H and O–H groups in total. The van der Waals surface area contributed by atoms with Crippen LogP contribution >= 0.6 is 0 Å². The highest BCUT2D eigenvalue weighted by atomic mass is 32.2. The fraction of sp³-hybridized carbons (Fsp3) is 0.316. The Balaban J connectivity index is 1.94. The van der Waals surface area contributed by atoms with Gasteiger partial charge in [0.25, 0.3) is 5.56 Å². The fourth-order valence-corrected chi connectivity index (χ4v) is 3.59. The molecule has 1 aliphatic carbocycles. The molecule has 3 aromatic rings. The lowest BCUT2D eigenvalue weighted by atomic mass is 10.0. The maximum Gasteiger partial charge on any atom is 0.261 e. The van der Waals surface area contributed by atoms with Crippen LogP contribution in [0.25, 0.3) is 22.1 Å². The van der Waals surface area contributed by atoms with Crippen LogP contribution in [-0.2, 0) is 16.9 Å². The lowest BCUT2D eigenvalue weighted by Crippen LogP contribution is -2.16. The second kappa shape index (κ2) is 6.02. The smallest absolute Gasteiger partial charge is 0.261 e. The second-order valence-corrected chi connectivity index (χ2v) is 8.82. The molecule has 0 bridgehead atoms. The standard InChI is InChI=1S/C19H19NO5S/c1-20-10-16(18-14(19(20)21)7-8-24-18)15-9-13(26(2,22)23)5-6-17(15)25-11-12-3-4-12/h5-10,12H,3-4,11H2,1-2H3. The number of hydrogen-bond acceptors (Lipinski definition) is 5. The minimum atomic E-state index is -3.38. The number of aryl methyl sites for hydroxylation is 1. The van der Waals surface area contributed by atoms with Crippen LogP contribution in [0.2, 0.25) is 0 Å². The number of sulfone groups is 1. The highest BCUT2D eigenvalue weighted by molar-refractivity contribution is 7.90. The molecule has 0 amide bonds. The van der Waals surface area contributed by atoms with Crippen LogP contribution in [-0.4, -0.2) is 25.8 Å². The number of aromatic nitrogens is 1. The third-order valence-corrected chi connectivity index (χ3v) is 5.73. The predicted octanol–water partition coefficient (Wildman–Crippen LogP) is 2.99. The molecular formula is C19H19NO5S. The van der Waals surface area contributed by atoms with Crippen molar-refractivity contribution < 1.29 is 17.6 Å². The molecule has 1 aliphatic rings. The van der Waals surface area contributed by atoms with Crippen molar-refractivity contribution in [1.82, 2.24) is 4.57 Å². The van der Waals surface area contributed by atoms with E-state index >= 15 is 0 Å². The molecular weight excluding hydrogens is 354 g/mol. The minimum absolute atomic E-state index is 0.169. The third kappa shape index (κ3) is 3.03. The van der Waals surface area contributed by atoms with Gasteiger partial charge < -0.3 is 13.7 Å². The number of fused-ring (bicyclic) bond motifs is 1. The predicted molar refractivity (Wildman–Crippen MR) is 98.2 cm³/mol. The molecule has 0 unspecified atom stereocenters. The van der Waals surface area contributed by atoms with E-state index in [4.69, 9.17) is 9.15 Å². The first kappa shape index (κ1) is 16.9. The molecule has 0 radical (unpaired) electrons. The Labute approximate surface area is 150 Å². The molecule has 26 heavy (non-hydrogen) atoms. The average molecular weight is 373 g/mol. The number of rotatable bonds is 5. The lowest BCUT2D eigenvalue weighted by Gasteiger charge is -2.14. The van der Waals surface area contributed by atoms with Crippen molar-refractivity contribution in [3.8, 4) is 16.9 Å². The number of ether oxygens (including phenoxy) is 1. The van der Waals surface area contributed by atoms with E-state index in [1.807, 2.05) is 0 Å². The van der Waals surface area contributed by atoms with Crippen molar-refractivity contribution in [2.75, 3.05) is 12.9 Å². The van der Waals surface area contributed by atoms with Crippen LogP contribution in [0.1, 0.15) is 12.8 Å². The Morgan fingerprint density at radius 3 is 2.69 bits per heavy atom. The van der Waals surface area contributed by atoms with E-state index in [0.717, 1.165) is 12.8 Å². The van der Waals surface area contributed by atoms with Crippen LogP contribution in [0, 0.1) is 5.92 Å². The summed E-state index contributed by atoms with van der Waals surface area (Å²) in [6.45, 7) is 0.596. The summed E-state index contributed by atoms with van der Waals surface area (Å²) >= 11 is 0. The van der Waals surface area contributed by atoms with E-state index in [1.165, 1.54) is 17.1 Å². The largest absolute Gasteiger partial charge is 0.493 e. The zero-order valence-electron chi connectivity index (χ0n) is 14.6. The van der Waals surface area contributed by atoms with Gasteiger partial charge in [-0.2, -0.15) is 0 Å². The first-order valence-electron chi connectivity index (χ1n) is 8.38. The Hall–Kier alpha value is -2.54. The molecule has 6 nitrogen and oxygen atoms in total. The van der Waals surface area contributed by atoms with Gasteiger partial charge in [-0.05, 0) is 43.0 Å². The SMILES string of the molecule is Cn1cc(-c2cc(S(C)(=O)=O)ccc2OCC2CC2)c2occc2c1=O. The number of pyridine rings is 1. The molecule has 7 heteroatoms. The number of furan rings is 1. The Morgan fingerprint density at radius 2 is 2.00 bits per heavy atom. The summed E-state index contributed by atoms with van der Waals surface area (Å²) in [5, 5.41) is 0.447. The summed E-state index contributed by atoms with van der Waals surface area (Å²) in [7, 11) is -1.73. The van der Waals surface area contributed by atoms with Gasteiger partial charge in [0, 0.05) is 30.6 Å². The van der Waals surface area contributed by atoms with Gasteiger partial charge in [0.2, 0.25) is 0 Å². The van der Waals surface area contributed by atoms with Gasteiger partial charge in [-0.1, -0.05) is 0 Å². The number of nitrogens with zero attached hydrogens (tertiary/aromatic N) is 1. The van der Waals surface area contributed by atoms with E-state index in [9.17, 15) is 13.2 Å². The summed E-state index contributed by atoms with van der Waals surface area (Å²) in [4.78, 5) is 12.5. The van der Waals surface area contributed by atoms with Crippen molar-refractivity contribution in [2.24, 2.45) is 13.0 Å². The van der Waals surface area contributed by atoms with Gasteiger partial charge in [-0.25, -0.2) is 8.42 Å². The number of benzene rings is 1. The quantitative estimate of drug-likeness (QED) is 0.687. The molecule has 1 saturated carbocycles. The summed E-state index contributed by atoms with van der Waals surface area (Å²) < 4.78 is 37.0. The van der Waals surface area contributed by atoms with E-state index in [2.05, 4.69) is 0 Å². The van der Waals surface area contributed by atoms with Crippen molar-refractivity contribution in [1.29, 1.82) is 0 Å². The summed E-state index contributed by atoms with van der Waals surface area (Å²) in [5.41, 5.74) is 1.49. The molecule has 0 saturated heterocycles. The van der Waals surface area contributed by atoms with Crippen LogP contribution in [0.5, 0.6) is 5.75 Å². The molecule has 2 aromatic heterocycles. The Morgan fingerprint density at radius 1 is 1.23 bits per heavy atom. The van der Waals surface area contributed by atoms with Crippen LogP contribution in [0.3, 0.4) is 0 Å². The minimum Gasteiger partial charge on any atom is -0.493 e. The molecule has 1 aromatic carbocycles. The second-order valence-electron chi connectivity index (χ2n) is 6.81. The molecule has 2 heterocycles. The molecule has 0 spiro atoms. The highest BCUT2D eigenvalue weighted by Crippen LogP contribution is 2.37. The monoisotopic (exact) mass is 373 g/mol. The summed E-state index contributed by atoms with van der Waals surface area (Å²) in [6.07, 6.45) is 6.58. The molecule has 0 atom stereocenters. The fourth-order valence-electron chi connectivity index (χ4n) is 2.95. The van der Waals surface area contributed by atoms with Crippen LogP contribution < -0.4 is 10.3 Å². The first-order chi connectivity index (χ1) is 12.3. The van der Waals surface area contributed by atoms with Gasteiger partial charge in [-0.15, -0.1) is 0 Å². The zero-order chi connectivity index (χ0) is 18.5. The Bertz CT molecular complexity index is 1150. The van der Waals surface area contributed by atoms with Gasteiger partial charge in [-0.3, -0.25) is 4.79 Å². The van der Waals surface area contributed by atoms with E-state index in [0.29, 0.717) is 40.4 Å². The normalized spacial score (nSPS) is 14.7.